The van der Waals surface area contributed by atoms with Crippen molar-refractivity contribution < 1.29 is 0 Å². The molecular weight excluding hydrogens is 444 g/mol. The first-order chi connectivity index (χ1) is 17.8. The van der Waals surface area contributed by atoms with Crippen LogP contribution in [-0.2, 0) is 5.41 Å². The van der Waals surface area contributed by atoms with E-state index in [1.54, 1.807) is 0 Å². The Labute approximate surface area is 223 Å². The van der Waals surface area contributed by atoms with Crippen molar-refractivity contribution in [1.29, 1.82) is 0 Å². The molecule has 37 heavy (non-hydrogen) atoms. The van der Waals surface area contributed by atoms with Crippen LogP contribution in [0.5, 0.6) is 0 Å². The second kappa shape index (κ2) is 8.88. The molecule has 0 radical (unpaired) electrons. The zero-order chi connectivity index (χ0) is 25.9. The molecule has 2 unspecified atom stereocenters. The van der Waals surface area contributed by atoms with Crippen molar-refractivity contribution in [1.82, 2.24) is 0 Å². The zero-order valence-electron chi connectivity index (χ0n) is 23.2. The summed E-state index contributed by atoms with van der Waals surface area (Å²) in [7, 11) is 0. The topological polar surface area (TPSA) is 0 Å². The van der Waals surface area contributed by atoms with Crippen LogP contribution in [0, 0.1) is 19.8 Å². The molecule has 3 aromatic rings. The molecule has 0 fully saturated rings. The average Bonchev–Trinajstić information content (AvgIpc) is 3.10. The van der Waals surface area contributed by atoms with Crippen molar-refractivity contribution in [2.45, 2.75) is 65.7 Å². The Bertz CT molecular complexity index is 1530. The molecule has 3 aliphatic carbocycles. The van der Waals surface area contributed by atoms with Crippen LogP contribution in [0.2, 0.25) is 0 Å². The van der Waals surface area contributed by atoms with Crippen molar-refractivity contribution >= 4 is 11.1 Å². The van der Waals surface area contributed by atoms with E-state index in [4.69, 9.17) is 0 Å². The van der Waals surface area contributed by atoms with Crippen LogP contribution in [0.25, 0.3) is 22.3 Å². The highest BCUT2D eigenvalue weighted by molar-refractivity contribution is 5.93. The summed E-state index contributed by atoms with van der Waals surface area (Å²) in [5.41, 5.74) is 17.0. The summed E-state index contributed by atoms with van der Waals surface area (Å²) in [4.78, 5) is 0. The van der Waals surface area contributed by atoms with Gasteiger partial charge >= 0.3 is 0 Å². The molecule has 0 aliphatic heterocycles. The van der Waals surface area contributed by atoms with Gasteiger partial charge in [-0.2, -0.15) is 0 Å². The molecule has 2 atom stereocenters. The van der Waals surface area contributed by atoms with Gasteiger partial charge in [0, 0.05) is 11.3 Å². The van der Waals surface area contributed by atoms with E-state index in [2.05, 4.69) is 127 Å². The van der Waals surface area contributed by atoms with Crippen LogP contribution in [0.4, 0.5) is 0 Å². The molecule has 6 rings (SSSR count). The number of hydrogen-bond acceptors (Lipinski definition) is 0. The van der Waals surface area contributed by atoms with Gasteiger partial charge in [0.05, 0.1) is 0 Å². The van der Waals surface area contributed by atoms with Crippen molar-refractivity contribution in [3.8, 4) is 11.1 Å². The Morgan fingerprint density at radius 2 is 1.51 bits per heavy atom. The molecule has 3 aromatic carbocycles. The smallest absolute Gasteiger partial charge is 0.0155 e. The minimum Gasteiger partial charge on any atom is -0.0839 e. The molecule has 0 saturated carbocycles. The maximum absolute atomic E-state index is 2.57. The predicted octanol–water partition coefficient (Wildman–Crippen LogP) is 10.1. The Hall–Kier alpha value is -3.38. The van der Waals surface area contributed by atoms with Gasteiger partial charge in [-0.15, -0.1) is 0 Å². The third-order valence-corrected chi connectivity index (χ3v) is 9.14. The van der Waals surface area contributed by atoms with Gasteiger partial charge < -0.3 is 0 Å². The quantitative estimate of drug-likeness (QED) is 0.348. The first-order valence-electron chi connectivity index (χ1n) is 13.9. The molecule has 0 spiro atoms. The monoisotopic (exact) mass is 482 g/mol. The minimum atomic E-state index is 0.0272. The van der Waals surface area contributed by atoms with Crippen LogP contribution in [0.3, 0.4) is 0 Å². The number of hydrogen-bond donors (Lipinski definition) is 0. The molecule has 3 aliphatic rings. The molecule has 0 aromatic heterocycles. The van der Waals surface area contributed by atoms with E-state index in [0.29, 0.717) is 11.8 Å². The standard InChI is InChI=1S/C37H38/c1-23-11-7-9-13-29(23)31-20-27(16-15-25(31)3)28-17-18-35-33(21-28)34-22-32(30-14-10-8-12-24(30)2)26(4)19-36(34)37(35,5)6/h7-8,10-12,14-22,26,32H,9,13H2,1-6H3. The lowest BCUT2D eigenvalue weighted by molar-refractivity contribution is 0.596. The summed E-state index contributed by atoms with van der Waals surface area (Å²) < 4.78 is 0. The van der Waals surface area contributed by atoms with Crippen molar-refractivity contribution in [3.63, 3.8) is 0 Å². The van der Waals surface area contributed by atoms with E-state index < -0.39 is 0 Å². The van der Waals surface area contributed by atoms with Crippen molar-refractivity contribution in [2.24, 2.45) is 5.92 Å². The molecule has 0 saturated heterocycles. The lowest BCUT2D eigenvalue weighted by atomic mass is 9.73. The van der Waals surface area contributed by atoms with E-state index >= 15 is 0 Å². The Morgan fingerprint density at radius 1 is 0.784 bits per heavy atom. The lowest BCUT2D eigenvalue weighted by Gasteiger charge is -2.30. The fourth-order valence-corrected chi connectivity index (χ4v) is 6.89. The number of fused-ring (bicyclic) bond motifs is 3. The van der Waals surface area contributed by atoms with Gasteiger partial charge in [-0.1, -0.05) is 93.6 Å². The predicted molar refractivity (Wildman–Crippen MR) is 160 cm³/mol. The number of allylic oxidation sites excluding steroid dienone is 8. The fourth-order valence-electron chi connectivity index (χ4n) is 6.89. The highest BCUT2D eigenvalue weighted by atomic mass is 14.4. The molecular formula is C37H38. The zero-order valence-corrected chi connectivity index (χ0v) is 23.2. The highest BCUT2D eigenvalue weighted by Crippen LogP contribution is 2.54. The third-order valence-electron chi connectivity index (χ3n) is 9.14. The van der Waals surface area contributed by atoms with E-state index in [0.717, 1.165) is 12.8 Å². The van der Waals surface area contributed by atoms with Crippen molar-refractivity contribution in [3.05, 3.63) is 129 Å². The van der Waals surface area contributed by atoms with E-state index in [1.165, 1.54) is 66.8 Å². The van der Waals surface area contributed by atoms with Crippen molar-refractivity contribution in [2.75, 3.05) is 0 Å². The first kappa shape index (κ1) is 24.0. The number of rotatable bonds is 3. The summed E-state index contributed by atoms with van der Waals surface area (Å²) in [6.07, 6.45) is 12.0. The Balaban J connectivity index is 1.47. The molecule has 0 heterocycles. The molecule has 0 heteroatoms. The van der Waals surface area contributed by atoms with Gasteiger partial charge in [-0.3, -0.25) is 0 Å². The molecule has 0 amide bonds. The normalized spacial score (nSPS) is 21.9. The highest BCUT2D eigenvalue weighted by Gasteiger charge is 2.41. The van der Waals surface area contributed by atoms with Gasteiger partial charge in [0.25, 0.3) is 0 Å². The molecule has 0 bridgehead atoms. The van der Waals surface area contributed by atoms with Gasteiger partial charge in [-0.25, -0.2) is 0 Å². The van der Waals surface area contributed by atoms with Crippen LogP contribution >= 0.6 is 0 Å². The lowest BCUT2D eigenvalue weighted by Crippen LogP contribution is -2.19. The third kappa shape index (κ3) is 3.89. The molecule has 186 valence electrons. The van der Waals surface area contributed by atoms with Crippen LogP contribution < -0.4 is 0 Å². The largest absolute Gasteiger partial charge is 0.0839 e. The van der Waals surface area contributed by atoms with E-state index in [-0.39, 0.29) is 5.41 Å². The van der Waals surface area contributed by atoms with E-state index in [9.17, 15) is 0 Å². The van der Waals surface area contributed by atoms with E-state index in [1.807, 2.05) is 0 Å². The molecule has 0 nitrogen and oxygen atoms in total. The fraction of sp³-hybridized carbons (Fsp3) is 0.297. The van der Waals surface area contributed by atoms with Crippen LogP contribution in [0.1, 0.15) is 79.8 Å². The first-order valence-corrected chi connectivity index (χ1v) is 13.9. The summed E-state index contributed by atoms with van der Waals surface area (Å²) >= 11 is 0. The summed E-state index contributed by atoms with van der Waals surface area (Å²) in [5.74, 6) is 0.888. The summed E-state index contributed by atoms with van der Waals surface area (Å²) in [6, 6.07) is 23.1. The van der Waals surface area contributed by atoms with Crippen LogP contribution in [-0.4, -0.2) is 0 Å². The second-order valence-corrected chi connectivity index (χ2v) is 11.9. The van der Waals surface area contributed by atoms with Gasteiger partial charge in [0.15, 0.2) is 0 Å². The maximum atomic E-state index is 2.57. The van der Waals surface area contributed by atoms with Gasteiger partial charge in [-0.05, 0) is 118 Å². The van der Waals surface area contributed by atoms with Gasteiger partial charge in [0.1, 0.15) is 0 Å². The Kier molecular flexibility index (Phi) is 5.75. The van der Waals surface area contributed by atoms with Gasteiger partial charge in [0.2, 0.25) is 0 Å². The van der Waals surface area contributed by atoms with Crippen LogP contribution in [0.15, 0.2) is 96.1 Å². The maximum Gasteiger partial charge on any atom is 0.0155 e. The molecule has 0 N–H and O–H groups in total. The summed E-state index contributed by atoms with van der Waals surface area (Å²) in [6.45, 7) is 13.9. The Morgan fingerprint density at radius 3 is 2.27 bits per heavy atom. The summed E-state index contributed by atoms with van der Waals surface area (Å²) in [5, 5.41) is 0. The minimum absolute atomic E-state index is 0.0272. The SMILES string of the molecule is CC1=C(c2cc(-c3ccc4c(c3)C3=CC(c5ccccc5C)C(C)C=C3C4(C)C)ccc2C)CCC=C1. The number of benzene rings is 3. The second-order valence-electron chi connectivity index (χ2n) is 11.9. The number of aryl methyl sites for hydroxylation is 2. The average molecular weight is 483 g/mol.